The number of ether oxygens (including phenoxy) is 1. The number of carbonyl (C=O) groups is 3. The summed E-state index contributed by atoms with van der Waals surface area (Å²) in [7, 11) is -2.59. The van der Waals surface area contributed by atoms with E-state index in [2.05, 4.69) is 20.9 Å². The number of hydrogen-bond acceptors (Lipinski definition) is 8. The number of aromatic nitrogens is 1. The lowest BCUT2D eigenvalue weighted by atomic mass is 10.0. The van der Waals surface area contributed by atoms with Crippen LogP contribution >= 0.6 is 11.3 Å². The van der Waals surface area contributed by atoms with Crippen molar-refractivity contribution in [2.45, 2.75) is 37.6 Å². The van der Waals surface area contributed by atoms with Crippen molar-refractivity contribution in [1.29, 1.82) is 0 Å². The molecular weight excluding hydrogens is 528 g/mol. The summed E-state index contributed by atoms with van der Waals surface area (Å²) in [6.45, 7) is 1.53. The van der Waals surface area contributed by atoms with Crippen LogP contribution in [0.5, 0.6) is 0 Å². The van der Waals surface area contributed by atoms with Crippen LogP contribution in [0.15, 0.2) is 42.5 Å². The van der Waals surface area contributed by atoms with Crippen molar-refractivity contribution in [3.8, 4) is 11.1 Å². The Hall–Kier alpha value is -3.35. The third-order valence-corrected chi connectivity index (χ3v) is 9.13. The molecule has 1 heterocycles. The van der Waals surface area contributed by atoms with Gasteiger partial charge < -0.3 is 20.7 Å². The summed E-state index contributed by atoms with van der Waals surface area (Å²) in [4.78, 5) is 40.8. The molecule has 0 aliphatic heterocycles. The maximum absolute atomic E-state index is 13.2. The average molecular weight is 559 g/mol. The summed E-state index contributed by atoms with van der Waals surface area (Å²) in [5.41, 5.74) is 3.33. The lowest BCUT2D eigenvalue weighted by molar-refractivity contribution is -0.126. The third kappa shape index (κ3) is 7.15. The van der Waals surface area contributed by atoms with E-state index in [-0.39, 0.29) is 41.8 Å². The molecular formula is C26H30N4O6S2. The first-order chi connectivity index (χ1) is 18.2. The Balaban J connectivity index is 1.57. The molecule has 1 aromatic heterocycles. The van der Waals surface area contributed by atoms with E-state index in [0.717, 1.165) is 45.6 Å². The Bertz CT molecular complexity index is 1430. The molecule has 0 bridgehead atoms. The Labute approximate surface area is 225 Å². The van der Waals surface area contributed by atoms with Gasteiger partial charge in [0.15, 0.2) is 15.1 Å². The fourth-order valence-corrected chi connectivity index (χ4v) is 6.71. The van der Waals surface area contributed by atoms with Crippen molar-refractivity contribution in [3.63, 3.8) is 0 Å². The molecule has 12 heteroatoms. The summed E-state index contributed by atoms with van der Waals surface area (Å²) >= 11 is 1.13. The third-order valence-electron chi connectivity index (χ3n) is 5.99. The molecule has 10 nitrogen and oxygen atoms in total. The fraction of sp³-hybridized carbons (Fsp3) is 0.385. The Kier molecular flexibility index (Phi) is 8.75. The quantitative estimate of drug-likeness (QED) is 0.309. The number of carbonyl (C=O) groups excluding carboxylic acids is 3. The minimum Gasteiger partial charge on any atom is -0.384 e. The van der Waals surface area contributed by atoms with Gasteiger partial charge in [0.1, 0.15) is 5.01 Å². The van der Waals surface area contributed by atoms with Crippen LogP contribution in [0.1, 0.15) is 35.6 Å². The molecule has 202 valence electrons. The zero-order valence-electron chi connectivity index (χ0n) is 21.2. The van der Waals surface area contributed by atoms with Gasteiger partial charge in [0, 0.05) is 26.6 Å². The van der Waals surface area contributed by atoms with E-state index >= 15 is 0 Å². The van der Waals surface area contributed by atoms with Crippen LogP contribution in [-0.2, 0) is 35.5 Å². The first-order valence-electron chi connectivity index (χ1n) is 12.2. The monoisotopic (exact) mass is 558 g/mol. The van der Waals surface area contributed by atoms with Gasteiger partial charge in [-0.3, -0.25) is 14.4 Å². The van der Waals surface area contributed by atoms with Gasteiger partial charge in [0.05, 0.1) is 29.1 Å². The lowest BCUT2D eigenvalue weighted by Gasteiger charge is -2.15. The van der Waals surface area contributed by atoms with E-state index < -0.39 is 21.0 Å². The zero-order chi connectivity index (χ0) is 27.3. The maximum Gasteiger partial charge on any atom is 0.245 e. The van der Waals surface area contributed by atoms with Crippen molar-refractivity contribution in [1.82, 2.24) is 20.9 Å². The van der Waals surface area contributed by atoms with Gasteiger partial charge in [-0.15, -0.1) is 11.3 Å². The highest BCUT2D eigenvalue weighted by Crippen LogP contribution is 2.34. The molecule has 3 N–H and O–H groups in total. The second-order valence-electron chi connectivity index (χ2n) is 9.14. The van der Waals surface area contributed by atoms with Crippen LogP contribution in [0.25, 0.3) is 21.3 Å². The highest BCUT2D eigenvalue weighted by molar-refractivity contribution is 7.92. The standard InChI is InChI=1S/C26H30N4O6S2/c1-16(31)27-14-17-3-5-18(6-4-17)19-7-10-22-21(13-19)30-26(37-22)24(38(34,35)12-11-36-2)25(33)28-15-23(32)29-20-8-9-20/h3-7,10,13,20,24H,8-9,11-12,14-15H2,1-2H3,(H,27,31)(H,28,33)(H,29,32). The molecule has 4 rings (SSSR count). The van der Waals surface area contributed by atoms with Crippen molar-refractivity contribution >= 4 is 49.1 Å². The number of thiazole rings is 1. The number of nitrogens with one attached hydrogen (secondary N) is 3. The molecule has 38 heavy (non-hydrogen) atoms. The maximum atomic E-state index is 13.2. The van der Waals surface area contributed by atoms with E-state index in [0.29, 0.717) is 12.1 Å². The number of rotatable bonds is 12. The predicted octanol–water partition coefficient (Wildman–Crippen LogP) is 2.10. The number of methoxy groups -OCH3 is 1. The highest BCUT2D eigenvalue weighted by Gasteiger charge is 2.37. The number of sulfone groups is 1. The Morgan fingerprint density at radius 1 is 1.08 bits per heavy atom. The number of amides is 3. The van der Waals surface area contributed by atoms with E-state index in [1.165, 1.54) is 14.0 Å². The minimum absolute atomic E-state index is 0.0682. The largest absolute Gasteiger partial charge is 0.384 e. The number of benzene rings is 2. The Morgan fingerprint density at radius 2 is 1.79 bits per heavy atom. The normalized spacial score (nSPS) is 14.2. The van der Waals surface area contributed by atoms with Gasteiger partial charge >= 0.3 is 0 Å². The molecule has 1 fully saturated rings. The first kappa shape index (κ1) is 27.7. The van der Waals surface area contributed by atoms with Crippen molar-refractivity contribution in [2.75, 3.05) is 26.0 Å². The second-order valence-corrected chi connectivity index (χ2v) is 12.4. The topological polar surface area (TPSA) is 144 Å². The van der Waals surface area contributed by atoms with E-state index in [1.54, 1.807) is 0 Å². The van der Waals surface area contributed by atoms with Gasteiger partial charge in [-0.25, -0.2) is 13.4 Å². The average Bonchev–Trinajstić information content (AvgIpc) is 3.60. The van der Waals surface area contributed by atoms with Crippen LogP contribution in [0, 0.1) is 0 Å². The summed E-state index contributed by atoms with van der Waals surface area (Å²) in [6.07, 6.45) is 1.81. The highest BCUT2D eigenvalue weighted by atomic mass is 32.2. The molecule has 0 saturated heterocycles. The van der Waals surface area contributed by atoms with Crippen LogP contribution in [0.2, 0.25) is 0 Å². The summed E-state index contributed by atoms with van der Waals surface area (Å²) < 4.78 is 32.0. The molecule has 0 spiro atoms. The Morgan fingerprint density at radius 3 is 2.45 bits per heavy atom. The summed E-state index contributed by atoms with van der Waals surface area (Å²) in [5.74, 6) is -1.61. The number of hydrogen-bond donors (Lipinski definition) is 3. The van der Waals surface area contributed by atoms with Gasteiger partial charge in [0.2, 0.25) is 17.7 Å². The van der Waals surface area contributed by atoms with E-state index in [1.807, 2.05) is 42.5 Å². The second kappa shape index (κ2) is 12.0. The van der Waals surface area contributed by atoms with Crippen molar-refractivity contribution in [2.24, 2.45) is 0 Å². The van der Waals surface area contributed by atoms with Crippen LogP contribution in [0.3, 0.4) is 0 Å². The molecule has 1 atom stereocenters. The predicted molar refractivity (Wildman–Crippen MR) is 145 cm³/mol. The molecule has 1 aliphatic rings. The lowest BCUT2D eigenvalue weighted by Crippen LogP contribution is -2.41. The smallest absolute Gasteiger partial charge is 0.245 e. The number of nitrogens with zero attached hydrogens (tertiary/aromatic N) is 1. The van der Waals surface area contributed by atoms with Crippen LogP contribution in [-0.4, -0.2) is 63.2 Å². The molecule has 1 aliphatic carbocycles. The van der Waals surface area contributed by atoms with Crippen molar-refractivity contribution in [3.05, 3.63) is 53.0 Å². The summed E-state index contributed by atoms with van der Waals surface area (Å²) in [6, 6.07) is 13.4. The zero-order valence-corrected chi connectivity index (χ0v) is 22.8. The van der Waals surface area contributed by atoms with Crippen molar-refractivity contribution < 1.29 is 27.5 Å². The fourth-order valence-electron chi connectivity index (χ4n) is 3.79. The van der Waals surface area contributed by atoms with Crippen LogP contribution < -0.4 is 16.0 Å². The van der Waals surface area contributed by atoms with E-state index in [9.17, 15) is 22.8 Å². The van der Waals surface area contributed by atoms with Gasteiger partial charge in [-0.05, 0) is 41.7 Å². The van der Waals surface area contributed by atoms with Gasteiger partial charge in [-0.1, -0.05) is 30.3 Å². The SMILES string of the molecule is COCCS(=O)(=O)C(C(=O)NCC(=O)NC1CC1)c1nc2cc(-c3ccc(CNC(C)=O)cc3)ccc2s1. The molecule has 1 unspecified atom stereocenters. The molecule has 1 saturated carbocycles. The van der Waals surface area contributed by atoms with Crippen LogP contribution in [0.4, 0.5) is 0 Å². The van der Waals surface area contributed by atoms with E-state index in [4.69, 9.17) is 4.74 Å². The minimum atomic E-state index is -3.97. The van der Waals surface area contributed by atoms with Gasteiger partial charge in [-0.2, -0.15) is 0 Å². The summed E-state index contributed by atoms with van der Waals surface area (Å²) in [5, 5.41) is 6.58. The molecule has 3 amide bonds. The molecule has 0 radical (unpaired) electrons. The molecule has 2 aromatic carbocycles. The molecule has 3 aromatic rings. The first-order valence-corrected chi connectivity index (χ1v) is 14.7. The van der Waals surface area contributed by atoms with Gasteiger partial charge in [0.25, 0.3) is 0 Å². The number of fused-ring (bicyclic) bond motifs is 1.